The van der Waals surface area contributed by atoms with Crippen molar-refractivity contribution in [2.24, 2.45) is 0 Å². The smallest absolute Gasteiger partial charge is 0.232 e. The molecule has 0 aliphatic heterocycles. The molecule has 168 valence electrons. The Morgan fingerprint density at radius 3 is 2.45 bits per heavy atom. The monoisotopic (exact) mass is 482 g/mol. The summed E-state index contributed by atoms with van der Waals surface area (Å²) >= 11 is 12.0. The molecule has 0 unspecified atom stereocenters. The van der Waals surface area contributed by atoms with Gasteiger partial charge in [0.25, 0.3) is 0 Å². The average molecular weight is 483 g/mol. The second-order valence-corrected chi connectivity index (χ2v) is 10.8. The van der Waals surface area contributed by atoms with Crippen LogP contribution >= 0.6 is 23.2 Å². The first-order chi connectivity index (χ1) is 14.6. The number of sulfonamides is 1. The quantitative estimate of drug-likeness (QED) is 0.555. The van der Waals surface area contributed by atoms with Crippen LogP contribution in [-0.2, 0) is 27.7 Å². The topological polar surface area (TPSA) is 66.5 Å². The van der Waals surface area contributed by atoms with E-state index in [2.05, 4.69) is 23.5 Å². The molecule has 0 fully saturated rings. The van der Waals surface area contributed by atoms with E-state index >= 15 is 0 Å². The van der Waals surface area contributed by atoms with Crippen LogP contribution in [0.1, 0.15) is 55.3 Å². The highest BCUT2D eigenvalue weighted by Crippen LogP contribution is 2.29. The zero-order chi connectivity index (χ0) is 22.6. The number of aryl methyl sites for hydroxylation is 2. The Morgan fingerprint density at radius 1 is 1.06 bits per heavy atom. The predicted molar refractivity (Wildman–Crippen MR) is 128 cm³/mol. The van der Waals surface area contributed by atoms with Gasteiger partial charge in [-0.05, 0) is 73.9 Å². The molecule has 3 rings (SSSR count). The molecule has 2 aromatic carbocycles. The molecule has 31 heavy (non-hydrogen) atoms. The summed E-state index contributed by atoms with van der Waals surface area (Å²) in [6.07, 6.45) is 6.43. The van der Waals surface area contributed by atoms with Gasteiger partial charge in [-0.2, -0.15) is 0 Å². The zero-order valence-electron chi connectivity index (χ0n) is 17.8. The van der Waals surface area contributed by atoms with Gasteiger partial charge in [0, 0.05) is 13.0 Å². The Balaban J connectivity index is 1.57. The van der Waals surface area contributed by atoms with Gasteiger partial charge >= 0.3 is 0 Å². The molecule has 5 nitrogen and oxygen atoms in total. The van der Waals surface area contributed by atoms with Crippen LogP contribution < -0.4 is 9.62 Å². The van der Waals surface area contributed by atoms with Crippen LogP contribution in [0, 0.1) is 0 Å². The number of benzene rings is 2. The fraction of sp³-hybridized carbons (Fsp3) is 0.435. The number of rotatable bonds is 8. The lowest BCUT2D eigenvalue weighted by molar-refractivity contribution is -0.121. The first kappa shape index (κ1) is 23.9. The van der Waals surface area contributed by atoms with Crippen LogP contribution in [0.25, 0.3) is 0 Å². The number of hydrogen-bond acceptors (Lipinski definition) is 3. The molecule has 2 aromatic rings. The normalized spacial score (nSPS) is 14.6. The van der Waals surface area contributed by atoms with E-state index in [1.54, 1.807) is 12.1 Å². The fourth-order valence-corrected chi connectivity index (χ4v) is 5.18. The molecule has 0 spiro atoms. The number of nitrogens with one attached hydrogen (secondary N) is 1. The van der Waals surface area contributed by atoms with Gasteiger partial charge in [-0.3, -0.25) is 9.10 Å². The zero-order valence-corrected chi connectivity index (χ0v) is 20.2. The number of halogens is 2. The minimum Gasteiger partial charge on any atom is -0.350 e. The summed E-state index contributed by atoms with van der Waals surface area (Å²) in [6, 6.07) is 11.1. The third kappa shape index (κ3) is 6.37. The summed E-state index contributed by atoms with van der Waals surface area (Å²) in [5, 5.41) is 3.66. The van der Waals surface area contributed by atoms with Gasteiger partial charge in [-0.25, -0.2) is 8.42 Å². The molecule has 0 saturated carbocycles. The predicted octanol–water partition coefficient (Wildman–Crippen LogP) is 5.30. The number of amides is 1. The Morgan fingerprint density at radius 2 is 1.77 bits per heavy atom. The Bertz CT molecular complexity index is 1060. The van der Waals surface area contributed by atoms with Crippen molar-refractivity contribution in [1.82, 2.24) is 5.32 Å². The molecule has 0 bridgehead atoms. The van der Waals surface area contributed by atoms with Gasteiger partial charge in [-0.15, -0.1) is 0 Å². The molecule has 1 amide bonds. The summed E-state index contributed by atoms with van der Waals surface area (Å²) in [5.74, 6) is -0.104. The van der Waals surface area contributed by atoms with Crippen LogP contribution in [0.2, 0.25) is 10.0 Å². The maximum Gasteiger partial charge on any atom is 0.232 e. The molecule has 8 heteroatoms. The lowest BCUT2D eigenvalue weighted by Gasteiger charge is -2.23. The van der Waals surface area contributed by atoms with E-state index < -0.39 is 10.0 Å². The molecule has 1 aliphatic carbocycles. The maximum atomic E-state index is 12.5. The third-order valence-corrected chi connectivity index (χ3v) is 7.54. The standard InChI is InChI=1S/C23H28Cl2N2O3S/c1-16(18-10-9-17-6-3-4-7-19(17)14-18)26-23(28)8-5-13-27(31(2,29)30)20-11-12-21(24)22(25)15-20/h9-12,14-16H,3-8,13H2,1-2H3,(H,26,28)/t16-/m0/s1. The molecule has 0 radical (unpaired) electrons. The number of carbonyl (C=O) groups is 1. The van der Waals surface area contributed by atoms with E-state index in [-0.39, 0.29) is 29.9 Å². The van der Waals surface area contributed by atoms with Crippen LogP contribution in [0.4, 0.5) is 5.69 Å². The minimum atomic E-state index is -3.52. The molecule has 0 heterocycles. The van der Waals surface area contributed by atoms with Gasteiger partial charge in [0.2, 0.25) is 15.9 Å². The average Bonchev–Trinajstić information content (AvgIpc) is 2.72. The summed E-state index contributed by atoms with van der Waals surface area (Å²) < 4.78 is 25.7. The minimum absolute atomic E-state index is 0.0965. The molecule has 1 N–H and O–H groups in total. The highest BCUT2D eigenvalue weighted by atomic mass is 35.5. The van der Waals surface area contributed by atoms with E-state index in [1.807, 2.05) is 6.92 Å². The van der Waals surface area contributed by atoms with Gasteiger partial charge in [0.15, 0.2) is 0 Å². The van der Waals surface area contributed by atoms with E-state index in [0.29, 0.717) is 17.1 Å². The maximum absolute atomic E-state index is 12.5. The molecular formula is C23H28Cl2N2O3S. The van der Waals surface area contributed by atoms with E-state index in [0.717, 1.165) is 24.7 Å². The Labute approximate surface area is 194 Å². The SMILES string of the molecule is C[C@H](NC(=O)CCCN(c1ccc(Cl)c(Cl)c1)S(C)(=O)=O)c1ccc2c(c1)CCCC2. The molecule has 1 atom stereocenters. The molecule has 1 aliphatic rings. The summed E-state index contributed by atoms with van der Waals surface area (Å²) in [4.78, 5) is 12.5. The number of hydrogen-bond donors (Lipinski definition) is 1. The van der Waals surface area contributed by atoms with Crippen molar-refractivity contribution in [2.75, 3.05) is 17.1 Å². The van der Waals surface area contributed by atoms with Gasteiger partial charge in [-0.1, -0.05) is 41.4 Å². The van der Waals surface area contributed by atoms with Crippen molar-refractivity contribution in [2.45, 2.75) is 51.5 Å². The number of carbonyl (C=O) groups excluding carboxylic acids is 1. The van der Waals surface area contributed by atoms with Gasteiger partial charge < -0.3 is 5.32 Å². The van der Waals surface area contributed by atoms with Crippen molar-refractivity contribution in [3.8, 4) is 0 Å². The third-order valence-electron chi connectivity index (χ3n) is 5.61. The number of fused-ring (bicyclic) bond motifs is 1. The first-order valence-corrected chi connectivity index (χ1v) is 13.1. The first-order valence-electron chi connectivity index (χ1n) is 10.5. The lowest BCUT2D eigenvalue weighted by Crippen LogP contribution is -2.32. The van der Waals surface area contributed by atoms with Crippen LogP contribution in [0.5, 0.6) is 0 Å². The molecular weight excluding hydrogens is 455 g/mol. The highest BCUT2D eigenvalue weighted by Gasteiger charge is 2.19. The van der Waals surface area contributed by atoms with E-state index in [1.165, 1.54) is 34.3 Å². The van der Waals surface area contributed by atoms with Crippen molar-refractivity contribution in [3.63, 3.8) is 0 Å². The number of nitrogens with zero attached hydrogens (tertiary/aromatic N) is 1. The molecule has 0 saturated heterocycles. The lowest BCUT2D eigenvalue weighted by atomic mass is 9.89. The van der Waals surface area contributed by atoms with Crippen LogP contribution in [0.15, 0.2) is 36.4 Å². The van der Waals surface area contributed by atoms with E-state index in [4.69, 9.17) is 23.2 Å². The van der Waals surface area contributed by atoms with E-state index in [9.17, 15) is 13.2 Å². The second-order valence-electron chi connectivity index (χ2n) is 8.06. The van der Waals surface area contributed by atoms with Gasteiger partial charge in [0.1, 0.15) is 0 Å². The number of anilines is 1. The largest absolute Gasteiger partial charge is 0.350 e. The van der Waals surface area contributed by atoms with Crippen molar-refractivity contribution < 1.29 is 13.2 Å². The highest BCUT2D eigenvalue weighted by molar-refractivity contribution is 7.92. The Kier molecular flexibility index (Phi) is 7.89. The fourth-order valence-electron chi connectivity index (χ4n) is 3.93. The van der Waals surface area contributed by atoms with Crippen molar-refractivity contribution in [3.05, 3.63) is 63.1 Å². The molecule has 0 aromatic heterocycles. The summed E-state index contributed by atoms with van der Waals surface area (Å²) in [5.41, 5.74) is 4.33. The van der Waals surface area contributed by atoms with Crippen molar-refractivity contribution in [1.29, 1.82) is 0 Å². The van der Waals surface area contributed by atoms with Crippen molar-refractivity contribution >= 4 is 44.8 Å². The summed E-state index contributed by atoms with van der Waals surface area (Å²) in [7, 11) is -3.52. The van der Waals surface area contributed by atoms with Gasteiger partial charge in [0.05, 0.1) is 28.0 Å². The Hall–Kier alpha value is -1.76. The van der Waals surface area contributed by atoms with Crippen LogP contribution in [-0.4, -0.2) is 27.1 Å². The second kappa shape index (κ2) is 10.2. The summed E-state index contributed by atoms with van der Waals surface area (Å²) in [6.45, 7) is 2.15. The van der Waals surface area contributed by atoms with Crippen LogP contribution in [0.3, 0.4) is 0 Å².